The maximum atomic E-state index is 12.7. The van der Waals surface area contributed by atoms with E-state index in [0.717, 1.165) is 6.42 Å². The fourth-order valence-electron chi connectivity index (χ4n) is 2.84. The molecule has 1 saturated heterocycles. The van der Waals surface area contributed by atoms with Gasteiger partial charge in [-0.25, -0.2) is 0 Å². The van der Waals surface area contributed by atoms with Crippen LogP contribution in [0.25, 0.3) is 0 Å². The van der Waals surface area contributed by atoms with E-state index in [1.54, 1.807) is 22.3 Å². The summed E-state index contributed by atoms with van der Waals surface area (Å²) in [5, 5.41) is 11.2. The number of carboxylic acids is 1. The van der Waals surface area contributed by atoms with E-state index in [1.165, 1.54) is 4.88 Å². The van der Waals surface area contributed by atoms with Crippen LogP contribution in [0.3, 0.4) is 0 Å². The lowest BCUT2D eigenvalue weighted by Gasteiger charge is -2.31. The Morgan fingerprint density at radius 1 is 1.32 bits per heavy atom. The lowest BCUT2D eigenvalue weighted by molar-refractivity contribution is -0.143. The number of rotatable bonds is 4. The predicted octanol–water partition coefficient (Wildman–Crippen LogP) is 2.53. The van der Waals surface area contributed by atoms with Gasteiger partial charge in [0.1, 0.15) is 5.69 Å². The van der Waals surface area contributed by atoms with Crippen LogP contribution in [0.15, 0.2) is 35.8 Å². The van der Waals surface area contributed by atoms with E-state index in [4.69, 9.17) is 5.11 Å². The Kier molecular flexibility index (Phi) is 4.29. The minimum absolute atomic E-state index is 0.0764. The summed E-state index contributed by atoms with van der Waals surface area (Å²) in [7, 11) is 0. The molecule has 22 heavy (non-hydrogen) atoms. The van der Waals surface area contributed by atoms with Gasteiger partial charge in [0.15, 0.2) is 0 Å². The molecule has 0 bridgehead atoms. The van der Waals surface area contributed by atoms with Crippen LogP contribution in [0.5, 0.6) is 0 Å². The molecule has 116 valence electrons. The molecule has 0 aliphatic carbocycles. The van der Waals surface area contributed by atoms with Crippen LogP contribution in [-0.2, 0) is 11.3 Å². The van der Waals surface area contributed by atoms with Crippen molar-refractivity contribution < 1.29 is 14.7 Å². The zero-order valence-electron chi connectivity index (χ0n) is 12.1. The third-order valence-corrected chi connectivity index (χ3v) is 4.87. The summed E-state index contributed by atoms with van der Waals surface area (Å²) < 4.78 is 1.93. The molecule has 0 unspecified atom stereocenters. The van der Waals surface area contributed by atoms with E-state index in [9.17, 15) is 9.59 Å². The minimum Gasteiger partial charge on any atom is -0.481 e. The molecule has 1 aliphatic heterocycles. The molecule has 1 aliphatic rings. The smallest absolute Gasteiger partial charge is 0.308 e. The van der Waals surface area contributed by atoms with Crippen LogP contribution in [0.1, 0.15) is 28.2 Å². The van der Waals surface area contributed by atoms with Gasteiger partial charge in [0.2, 0.25) is 0 Å². The van der Waals surface area contributed by atoms with Crippen LogP contribution >= 0.6 is 11.3 Å². The van der Waals surface area contributed by atoms with Crippen LogP contribution in [0, 0.1) is 5.92 Å². The first kappa shape index (κ1) is 14.8. The topological polar surface area (TPSA) is 62.5 Å². The first-order chi connectivity index (χ1) is 10.6. The van der Waals surface area contributed by atoms with Gasteiger partial charge in [-0.15, -0.1) is 11.3 Å². The van der Waals surface area contributed by atoms with Crippen molar-refractivity contribution in [3.8, 4) is 0 Å². The molecule has 6 heteroatoms. The molecule has 1 atom stereocenters. The Hall–Kier alpha value is -2.08. The number of likely N-dealkylation sites (tertiary alicyclic amines) is 1. The molecule has 3 heterocycles. The van der Waals surface area contributed by atoms with Crippen LogP contribution in [-0.4, -0.2) is 39.5 Å². The molecule has 5 nitrogen and oxygen atoms in total. The van der Waals surface area contributed by atoms with Crippen molar-refractivity contribution >= 4 is 23.2 Å². The number of thiophene rings is 1. The number of piperidine rings is 1. The molecular weight excluding hydrogens is 300 g/mol. The molecule has 0 aromatic carbocycles. The van der Waals surface area contributed by atoms with Gasteiger partial charge < -0.3 is 14.6 Å². The molecule has 1 N–H and O–H groups in total. The first-order valence-corrected chi connectivity index (χ1v) is 8.22. The van der Waals surface area contributed by atoms with Crippen molar-refractivity contribution in [3.05, 3.63) is 46.4 Å². The van der Waals surface area contributed by atoms with E-state index in [2.05, 4.69) is 0 Å². The van der Waals surface area contributed by atoms with E-state index in [1.807, 2.05) is 34.3 Å². The third-order valence-electron chi connectivity index (χ3n) is 4.01. The maximum absolute atomic E-state index is 12.7. The Morgan fingerprint density at radius 2 is 2.18 bits per heavy atom. The van der Waals surface area contributed by atoms with Crippen molar-refractivity contribution in [3.63, 3.8) is 0 Å². The van der Waals surface area contributed by atoms with Crippen LogP contribution in [0.2, 0.25) is 0 Å². The van der Waals surface area contributed by atoms with Gasteiger partial charge in [0, 0.05) is 24.2 Å². The van der Waals surface area contributed by atoms with Gasteiger partial charge in [0.25, 0.3) is 5.91 Å². The highest BCUT2D eigenvalue weighted by molar-refractivity contribution is 7.09. The monoisotopic (exact) mass is 318 g/mol. The molecule has 1 amide bonds. The van der Waals surface area contributed by atoms with Gasteiger partial charge in [-0.2, -0.15) is 0 Å². The van der Waals surface area contributed by atoms with Crippen molar-refractivity contribution in [2.24, 2.45) is 5.92 Å². The molecule has 1 fully saturated rings. The van der Waals surface area contributed by atoms with E-state index < -0.39 is 11.9 Å². The predicted molar refractivity (Wildman–Crippen MR) is 84.1 cm³/mol. The number of carbonyl (C=O) groups excluding carboxylic acids is 1. The number of hydrogen-bond acceptors (Lipinski definition) is 3. The van der Waals surface area contributed by atoms with Crippen LogP contribution in [0.4, 0.5) is 0 Å². The zero-order valence-corrected chi connectivity index (χ0v) is 13.0. The van der Waals surface area contributed by atoms with Gasteiger partial charge in [0.05, 0.1) is 12.5 Å². The quantitative estimate of drug-likeness (QED) is 0.942. The largest absolute Gasteiger partial charge is 0.481 e. The van der Waals surface area contributed by atoms with Gasteiger partial charge in [-0.3, -0.25) is 9.59 Å². The Morgan fingerprint density at radius 3 is 2.91 bits per heavy atom. The molecule has 3 rings (SSSR count). The van der Waals surface area contributed by atoms with Crippen molar-refractivity contribution in [2.75, 3.05) is 13.1 Å². The summed E-state index contributed by atoms with van der Waals surface area (Å²) >= 11 is 1.66. The lowest BCUT2D eigenvalue weighted by Crippen LogP contribution is -2.42. The van der Waals surface area contributed by atoms with E-state index in [-0.39, 0.29) is 5.91 Å². The SMILES string of the molecule is O=C(O)[C@H]1CCCN(C(=O)c2cccn2Cc2cccs2)C1. The third kappa shape index (κ3) is 3.06. The fourth-order valence-corrected chi connectivity index (χ4v) is 3.54. The fraction of sp³-hybridized carbons (Fsp3) is 0.375. The summed E-state index contributed by atoms with van der Waals surface area (Å²) in [6, 6.07) is 7.70. The lowest BCUT2D eigenvalue weighted by atomic mass is 9.98. The number of nitrogens with zero attached hydrogens (tertiary/aromatic N) is 2. The molecule has 0 saturated carbocycles. The number of amides is 1. The summed E-state index contributed by atoms with van der Waals surface area (Å²) in [6.45, 7) is 1.60. The number of aliphatic carboxylic acids is 1. The number of carbonyl (C=O) groups is 2. The highest BCUT2D eigenvalue weighted by Crippen LogP contribution is 2.20. The Balaban J connectivity index is 1.75. The summed E-state index contributed by atoms with van der Waals surface area (Å²) in [6.07, 6.45) is 3.29. The van der Waals surface area contributed by atoms with Crippen LogP contribution < -0.4 is 0 Å². The molecule has 2 aromatic rings. The second-order valence-electron chi connectivity index (χ2n) is 5.53. The molecule has 0 radical (unpaired) electrons. The Bertz CT molecular complexity index is 663. The normalized spacial score (nSPS) is 18.4. The van der Waals surface area contributed by atoms with Gasteiger partial charge in [-0.1, -0.05) is 6.07 Å². The highest BCUT2D eigenvalue weighted by Gasteiger charge is 2.29. The van der Waals surface area contributed by atoms with Crippen molar-refractivity contribution in [1.29, 1.82) is 0 Å². The van der Waals surface area contributed by atoms with Crippen molar-refractivity contribution in [1.82, 2.24) is 9.47 Å². The summed E-state index contributed by atoms with van der Waals surface area (Å²) in [4.78, 5) is 26.7. The number of hydrogen-bond donors (Lipinski definition) is 1. The molecule has 0 spiro atoms. The number of aromatic nitrogens is 1. The first-order valence-electron chi connectivity index (χ1n) is 7.35. The standard InChI is InChI=1S/C16H18N2O3S/c19-15(18-8-1-4-12(10-18)16(20)21)14-6-2-7-17(14)11-13-5-3-9-22-13/h2-3,5-7,9,12H,1,4,8,10-11H2,(H,20,21)/t12-/m0/s1. The van der Waals surface area contributed by atoms with Gasteiger partial charge in [-0.05, 0) is 36.4 Å². The van der Waals surface area contributed by atoms with Crippen molar-refractivity contribution in [2.45, 2.75) is 19.4 Å². The number of carboxylic acid groups (broad SMARTS) is 1. The van der Waals surface area contributed by atoms with E-state index >= 15 is 0 Å². The Labute approximate surface area is 132 Å². The second kappa shape index (κ2) is 6.36. The zero-order chi connectivity index (χ0) is 15.5. The molecular formula is C16H18N2O3S. The highest BCUT2D eigenvalue weighted by atomic mass is 32.1. The summed E-state index contributed by atoms with van der Waals surface area (Å²) in [5.74, 6) is -1.34. The average Bonchev–Trinajstić information content (AvgIpc) is 3.19. The van der Waals surface area contributed by atoms with Gasteiger partial charge >= 0.3 is 5.97 Å². The van der Waals surface area contributed by atoms with E-state index in [0.29, 0.717) is 31.7 Å². The molecule has 2 aromatic heterocycles. The summed E-state index contributed by atoms with van der Waals surface area (Å²) in [5.41, 5.74) is 0.624. The minimum atomic E-state index is -0.813. The average molecular weight is 318 g/mol. The second-order valence-corrected chi connectivity index (χ2v) is 6.56. The maximum Gasteiger partial charge on any atom is 0.308 e.